The molecule has 7 heteroatoms. The lowest BCUT2D eigenvalue weighted by atomic mass is 10.3. The van der Waals surface area contributed by atoms with Gasteiger partial charge in [-0.2, -0.15) is 0 Å². The molecule has 0 aliphatic heterocycles. The van der Waals surface area contributed by atoms with Crippen LogP contribution in [0, 0.1) is 10.1 Å². The Morgan fingerprint density at radius 2 is 2.41 bits per heavy atom. The highest BCUT2D eigenvalue weighted by Gasteiger charge is 2.20. The molecular weight excluding hydrogens is 262 g/mol. The molecule has 1 aromatic rings. The first kappa shape index (κ1) is 14.4. The largest absolute Gasteiger partial charge is 0.388 e. The van der Waals surface area contributed by atoms with Crippen LogP contribution in [0.15, 0.2) is 10.3 Å². The molecule has 0 aliphatic carbocycles. The molecule has 0 bridgehead atoms. The molecule has 0 unspecified atom stereocenters. The van der Waals surface area contributed by atoms with E-state index < -0.39 is 11.0 Å². The van der Waals surface area contributed by atoms with Gasteiger partial charge in [-0.05, 0) is 13.3 Å². The third-order valence-electron chi connectivity index (χ3n) is 2.03. The van der Waals surface area contributed by atoms with Crippen LogP contribution in [-0.4, -0.2) is 29.5 Å². The maximum atomic E-state index is 10.8. The van der Waals surface area contributed by atoms with Crippen molar-refractivity contribution in [3.8, 4) is 0 Å². The van der Waals surface area contributed by atoms with E-state index >= 15 is 0 Å². The SMILES string of the molecule is COCCCSc1sc([C@@H](C)O)cc1[N+](=O)[O-]. The van der Waals surface area contributed by atoms with Crippen LogP contribution >= 0.6 is 23.1 Å². The van der Waals surface area contributed by atoms with E-state index in [1.54, 1.807) is 14.0 Å². The molecule has 0 saturated carbocycles. The summed E-state index contributed by atoms with van der Waals surface area (Å²) in [6.07, 6.45) is 0.187. The lowest BCUT2D eigenvalue weighted by Crippen LogP contribution is -1.91. The number of hydrogen-bond donors (Lipinski definition) is 1. The number of rotatable bonds is 7. The van der Waals surface area contributed by atoms with Crippen LogP contribution in [0.4, 0.5) is 5.69 Å². The van der Waals surface area contributed by atoms with Gasteiger partial charge in [-0.3, -0.25) is 10.1 Å². The van der Waals surface area contributed by atoms with Gasteiger partial charge in [-0.1, -0.05) is 0 Å². The summed E-state index contributed by atoms with van der Waals surface area (Å²) < 4.78 is 5.57. The topological polar surface area (TPSA) is 72.6 Å². The van der Waals surface area contributed by atoms with E-state index in [-0.39, 0.29) is 5.69 Å². The molecule has 1 aromatic heterocycles. The second kappa shape index (κ2) is 6.95. The quantitative estimate of drug-likeness (QED) is 0.359. The van der Waals surface area contributed by atoms with Crippen LogP contribution < -0.4 is 0 Å². The Labute approximate surface area is 108 Å². The molecule has 0 radical (unpaired) electrons. The highest BCUT2D eigenvalue weighted by atomic mass is 32.2. The fraction of sp³-hybridized carbons (Fsp3) is 0.600. The van der Waals surface area contributed by atoms with Gasteiger partial charge < -0.3 is 9.84 Å². The van der Waals surface area contributed by atoms with E-state index in [1.807, 2.05) is 0 Å². The Hall–Kier alpha value is -0.630. The Bertz CT molecular complexity index is 378. The standard InChI is InChI=1S/C10H15NO4S2/c1-7(12)9-6-8(11(13)14)10(17-9)16-5-3-4-15-2/h6-7,12H,3-5H2,1-2H3/t7-/m1/s1. The van der Waals surface area contributed by atoms with Crippen LogP contribution in [0.3, 0.4) is 0 Å². The average molecular weight is 277 g/mol. The minimum absolute atomic E-state index is 0.0910. The summed E-state index contributed by atoms with van der Waals surface area (Å²) in [4.78, 5) is 11.1. The molecule has 17 heavy (non-hydrogen) atoms. The molecular formula is C10H15NO4S2. The highest BCUT2D eigenvalue weighted by molar-refractivity contribution is 8.01. The predicted octanol–water partition coefficient (Wildman–Crippen LogP) is 2.84. The van der Waals surface area contributed by atoms with Crippen molar-refractivity contribution in [2.75, 3.05) is 19.5 Å². The second-order valence-electron chi connectivity index (χ2n) is 3.45. The minimum Gasteiger partial charge on any atom is -0.388 e. The maximum Gasteiger partial charge on any atom is 0.294 e. The zero-order valence-electron chi connectivity index (χ0n) is 9.71. The van der Waals surface area contributed by atoms with Crippen molar-refractivity contribution in [1.82, 2.24) is 0 Å². The van der Waals surface area contributed by atoms with Gasteiger partial charge in [0.05, 0.1) is 11.0 Å². The number of thioether (sulfide) groups is 1. The summed E-state index contributed by atoms with van der Waals surface area (Å²) in [5.74, 6) is 0.772. The Morgan fingerprint density at radius 1 is 1.71 bits per heavy atom. The summed E-state index contributed by atoms with van der Waals surface area (Å²) >= 11 is 2.72. The lowest BCUT2D eigenvalue weighted by Gasteiger charge is -1.98. The molecule has 0 fully saturated rings. The van der Waals surface area contributed by atoms with Crippen LogP contribution in [0.5, 0.6) is 0 Å². The van der Waals surface area contributed by atoms with Crippen molar-refractivity contribution in [3.05, 3.63) is 21.1 Å². The van der Waals surface area contributed by atoms with E-state index in [1.165, 1.54) is 29.2 Å². The maximum absolute atomic E-state index is 10.8. The van der Waals surface area contributed by atoms with E-state index in [0.29, 0.717) is 15.7 Å². The monoisotopic (exact) mass is 277 g/mol. The van der Waals surface area contributed by atoms with Crippen LogP contribution in [0.1, 0.15) is 24.3 Å². The van der Waals surface area contributed by atoms with Crippen molar-refractivity contribution in [2.45, 2.75) is 23.7 Å². The van der Waals surface area contributed by atoms with Gasteiger partial charge in [0, 0.05) is 30.4 Å². The zero-order chi connectivity index (χ0) is 12.8. The van der Waals surface area contributed by atoms with Crippen molar-refractivity contribution in [1.29, 1.82) is 0 Å². The summed E-state index contributed by atoms with van der Waals surface area (Å²) in [6.45, 7) is 2.25. The van der Waals surface area contributed by atoms with Gasteiger partial charge in [0.2, 0.25) is 0 Å². The fourth-order valence-electron chi connectivity index (χ4n) is 1.19. The predicted molar refractivity (Wildman–Crippen MR) is 68.8 cm³/mol. The first-order chi connectivity index (χ1) is 8.06. The number of nitrogens with zero attached hydrogens (tertiary/aromatic N) is 1. The second-order valence-corrected chi connectivity index (χ2v) is 5.90. The van der Waals surface area contributed by atoms with E-state index in [2.05, 4.69) is 0 Å². The Balaban J connectivity index is 2.71. The molecule has 0 saturated heterocycles. The normalized spacial score (nSPS) is 12.6. The molecule has 0 aliphatic rings. The number of thiophene rings is 1. The molecule has 1 rings (SSSR count). The fourth-order valence-corrected chi connectivity index (χ4v) is 3.48. The summed E-state index contributed by atoms with van der Waals surface area (Å²) in [5, 5.41) is 20.3. The molecule has 5 nitrogen and oxygen atoms in total. The molecule has 1 N–H and O–H groups in total. The number of aliphatic hydroxyl groups excluding tert-OH is 1. The lowest BCUT2D eigenvalue weighted by molar-refractivity contribution is -0.387. The molecule has 0 aromatic carbocycles. The van der Waals surface area contributed by atoms with E-state index in [9.17, 15) is 15.2 Å². The molecule has 96 valence electrons. The first-order valence-corrected chi connectivity index (χ1v) is 6.94. The summed E-state index contributed by atoms with van der Waals surface area (Å²) in [6, 6.07) is 1.45. The van der Waals surface area contributed by atoms with E-state index in [4.69, 9.17) is 4.74 Å². The van der Waals surface area contributed by atoms with Crippen molar-refractivity contribution in [3.63, 3.8) is 0 Å². The molecule has 1 heterocycles. The van der Waals surface area contributed by atoms with Crippen molar-refractivity contribution < 1.29 is 14.8 Å². The highest BCUT2D eigenvalue weighted by Crippen LogP contribution is 2.39. The van der Waals surface area contributed by atoms with Gasteiger partial charge in [0.1, 0.15) is 4.21 Å². The number of ether oxygens (including phenoxy) is 1. The van der Waals surface area contributed by atoms with Crippen LogP contribution in [0.25, 0.3) is 0 Å². The Kier molecular flexibility index (Phi) is 5.90. The number of nitro groups is 1. The third-order valence-corrected chi connectivity index (χ3v) is 4.69. The minimum atomic E-state index is -0.660. The van der Waals surface area contributed by atoms with Gasteiger partial charge in [0.15, 0.2) is 0 Å². The first-order valence-electron chi connectivity index (χ1n) is 5.14. The average Bonchev–Trinajstić information content (AvgIpc) is 2.68. The van der Waals surface area contributed by atoms with Gasteiger partial charge in [0.25, 0.3) is 5.69 Å². The van der Waals surface area contributed by atoms with E-state index in [0.717, 1.165) is 12.2 Å². The van der Waals surface area contributed by atoms with Gasteiger partial charge in [-0.25, -0.2) is 0 Å². The molecule has 0 spiro atoms. The van der Waals surface area contributed by atoms with Crippen molar-refractivity contribution in [2.24, 2.45) is 0 Å². The third kappa shape index (κ3) is 4.27. The number of methoxy groups -OCH3 is 1. The van der Waals surface area contributed by atoms with Crippen LogP contribution in [-0.2, 0) is 4.74 Å². The summed E-state index contributed by atoms with van der Waals surface area (Å²) in [7, 11) is 1.63. The van der Waals surface area contributed by atoms with Gasteiger partial charge >= 0.3 is 0 Å². The molecule has 0 amide bonds. The number of hydrogen-bond acceptors (Lipinski definition) is 6. The smallest absolute Gasteiger partial charge is 0.294 e. The number of aliphatic hydroxyl groups is 1. The van der Waals surface area contributed by atoms with Crippen LogP contribution in [0.2, 0.25) is 0 Å². The summed E-state index contributed by atoms with van der Waals surface area (Å²) in [5.41, 5.74) is 0.0910. The Morgan fingerprint density at radius 3 is 2.94 bits per heavy atom. The molecule has 1 atom stereocenters. The van der Waals surface area contributed by atoms with Crippen molar-refractivity contribution >= 4 is 28.8 Å². The zero-order valence-corrected chi connectivity index (χ0v) is 11.3. The van der Waals surface area contributed by atoms with Gasteiger partial charge in [-0.15, -0.1) is 23.1 Å².